The molecule has 0 aromatic carbocycles. The van der Waals surface area contributed by atoms with E-state index in [-0.39, 0.29) is 32.0 Å². The lowest BCUT2D eigenvalue weighted by Crippen LogP contribution is -2.37. The average molecular weight is 757 g/mol. The Hall–Kier alpha value is -1.77. The monoisotopic (exact) mass is 757 g/mol. The molecule has 9 nitrogen and oxygen atoms in total. The van der Waals surface area contributed by atoms with Crippen molar-refractivity contribution in [3.05, 3.63) is 36.5 Å². The minimum atomic E-state index is -4.38. The van der Waals surface area contributed by atoms with Crippen LogP contribution in [0.4, 0.5) is 0 Å². The molecule has 0 aromatic rings. The maximum absolute atomic E-state index is 12.6. The molecule has 0 saturated carbocycles. The van der Waals surface area contributed by atoms with Crippen LogP contribution in [0.5, 0.6) is 0 Å². The number of quaternary nitrogens is 1. The van der Waals surface area contributed by atoms with Crippen LogP contribution in [0.1, 0.15) is 168 Å². The molecule has 0 amide bonds. The Labute approximate surface area is 319 Å². The molecule has 0 fully saturated rings. The molecule has 1 N–H and O–H groups in total. The predicted molar refractivity (Wildman–Crippen MR) is 215 cm³/mol. The summed E-state index contributed by atoms with van der Waals surface area (Å²) in [5.74, 6) is -0.883. The Kier molecular flexibility index (Phi) is 33.8. The summed E-state index contributed by atoms with van der Waals surface area (Å²) < 4.78 is 34.1. The minimum Gasteiger partial charge on any atom is -0.462 e. The van der Waals surface area contributed by atoms with Crippen molar-refractivity contribution in [1.82, 2.24) is 0 Å². The number of hydrogen-bond donors (Lipinski definition) is 1. The summed E-state index contributed by atoms with van der Waals surface area (Å²) in [7, 11) is 1.44. The SMILES string of the molecule is CCCCCC/C=C/CCCCCCCCCC(=O)OCC(COP(=O)(O)OCC[N+](C)(C)C)OC(=O)CC/C=C/C/C=C/CCCCCCCC. The van der Waals surface area contributed by atoms with E-state index >= 15 is 0 Å². The van der Waals surface area contributed by atoms with Crippen molar-refractivity contribution in [2.24, 2.45) is 0 Å². The van der Waals surface area contributed by atoms with Gasteiger partial charge < -0.3 is 18.9 Å². The van der Waals surface area contributed by atoms with Gasteiger partial charge in [0.05, 0.1) is 27.7 Å². The van der Waals surface area contributed by atoms with Crippen molar-refractivity contribution in [2.75, 3.05) is 47.5 Å². The molecule has 0 aliphatic carbocycles. The summed E-state index contributed by atoms with van der Waals surface area (Å²) in [5.41, 5.74) is 0. The first-order valence-corrected chi connectivity index (χ1v) is 22.2. The number of likely N-dealkylation sites (N-methyl/N-ethyl adjacent to an activating group) is 1. The van der Waals surface area contributed by atoms with Gasteiger partial charge in [-0.2, -0.15) is 0 Å². The van der Waals surface area contributed by atoms with Gasteiger partial charge in [-0.05, 0) is 57.8 Å². The molecule has 304 valence electrons. The standard InChI is InChI=1S/C42H78NO8P/c1-6-8-10-12-14-16-18-20-21-23-24-26-28-30-32-34-41(44)48-38-40(39-50-52(46,47)49-37-36-43(3,4)5)51-42(45)35-33-31-29-27-25-22-19-17-15-13-11-9-7-2/h16,18,22,25,29,31,40H,6-15,17,19-21,23-24,26-28,30,32-39H2,1-5H3/p+1/b18-16+,25-22+,31-29+. The quantitative estimate of drug-likeness (QED) is 0.0219. The third-order valence-electron chi connectivity index (χ3n) is 8.66. The second-order valence-electron chi connectivity index (χ2n) is 15.0. The lowest BCUT2D eigenvalue weighted by atomic mass is 10.1. The molecule has 0 aliphatic heterocycles. The van der Waals surface area contributed by atoms with Crippen molar-refractivity contribution >= 4 is 19.8 Å². The summed E-state index contributed by atoms with van der Waals surface area (Å²) in [6.07, 6.45) is 37.8. The van der Waals surface area contributed by atoms with Crippen LogP contribution >= 0.6 is 7.82 Å². The predicted octanol–water partition coefficient (Wildman–Crippen LogP) is 11.4. The zero-order valence-electron chi connectivity index (χ0n) is 34.0. The third-order valence-corrected chi connectivity index (χ3v) is 9.64. The van der Waals surface area contributed by atoms with Crippen molar-refractivity contribution in [2.45, 2.75) is 174 Å². The topological polar surface area (TPSA) is 108 Å². The van der Waals surface area contributed by atoms with Crippen molar-refractivity contribution in [1.29, 1.82) is 0 Å². The molecule has 52 heavy (non-hydrogen) atoms. The van der Waals surface area contributed by atoms with Gasteiger partial charge in [0.2, 0.25) is 0 Å². The highest BCUT2D eigenvalue weighted by Crippen LogP contribution is 2.43. The summed E-state index contributed by atoms with van der Waals surface area (Å²) in [6.45, 7) is 4.32. The van der Waals surface area contributed by atoms with Crippen LogP contribution < -0.4 is 0 Å². The zero-order valence-corrected chi connectivity index (χ0v) is 34.9. The maximum atomic E-state index is 12.6. The third kappa shape index (κ3) is 38.0. The average Bonchev–Trinajstić information content (AvgIpc) is 3.09. The summed E-state index contributed by atoms with van der Waals surface area (Å²) in [6, 6.07) is 0. The summed E-state index contributed by atoms with van der Waals surface area (Å²) in [5, 5.41) is 0. The molecule has 10 heteroatoms. The van der Waals surface area contributed by atoms with E-state index in [0.29, 0.717) is 17.4 Å². The van der Waals surface area contributed by atoms with Gasteiger partial charge in [0, 0.05) is 12.8 Å². The normalized spacial score (nSPS) is 14.0. The van der Waals surface area contributed by atoms with E-state index in [2.05, 4.69) is 38.2 Å². The first kappa shape index (κ1) is 50.2. The smallest absolute Gasteiger partial charge is 0.462 e. The van der Waals surface area contributed by atoms with E-state index in [1.807, 2.05) is 33.3 Å². The highest BCUT2D eigenvalue weighted by Gasteiger charge is 2.27. The number of hydrogen-bond acceptors (Lipinski definition) is 7. The largest absolute Gasteiger partial charge is 0.472 e. The number of esters is 2. The summed E-state index contributed by atoms with van der Waals surface area (Å²) in [4.78, 5) is 35.2. The molecule has 0 bridgehead atoms. The van der Waals surface area contributed by atoms with Crippen LogP contribution in [0.3, 0.4) is 0 Å². The zero-order chi connectivity index (χ0) is 38.6. The first-order valence-electron chi connectivity index (χ1n) is 20.7. The fourth-order valence-corrected chi connectivity index (χ4v) is 6.10. The van der Waals surface area contributed by atoms with Crippen LogP contribution in [0.15, 0.2) is 36.5 Å². The van der Waals surface area contributed by atoms with Crippen LogP contribution in [-0.4, -0.2) is 74.9 Å². The van der Waals surface area contributed by atoms with Crippen molar-refractivity contribution < 1.29 is 42.1 Å². The maximum Gasteiger partial charge on any atom is 0.472 e. The minimum absolute atomic E-state index is 0.0217. The molecule has 2 atom stereocenters. The first-order chi connectivity index (χ1) is 25.0. The highest BCUT2D eigenvalue weighted by molar-refractivity contribution is 7.47. The molecule has 2 unspecified atom stereocenters. The number of carbonyl (C=O) groups excluding carboxylic acids is 2. The van der Waals surface area contributed by atoms with Crippen LogP contribution in [0, 0.1) is 0 Å². The lowest BCUT2D eigenvalue weighted by molar-refractivity contribution is -0.870. The number of carbonyl (C=O) groups is 2. The van der Waals surface area contributed by atoms with E-state index in [9.17, 15) is 19.0 Å². The fourth-order valence-electron chi connectivity index (χ4n) is 5.35. The van der Waals surface area contributed by atoms with Gasteiger partial charge >= 0.3 is 19.8 Å². The van der Waals surface area contributed by atoms with Crippen molar-refractivity contribution in [3.63, 3.8) is 0 Å². The lowest BCUT2D eigenvalue weighted by Gasteiger charge is -2.24. The van der Waals surface area contributed by atoms with Gasteiger partial charge in [-0.3, -0.25) is 18.6 Å². The highest BCUT2D eigenvalue weighted by atomic mass is 31.2. The van der Waals surface area contributed by atoms with Crippen LogP contribution in [-0.2, 0) is 32.7 Å². The number of rotatable bonds is 37. The molecular weight excluding hydrogens is 677 g/mol. The van der Waals surface area contributed by atoms with Gasteiger partial charge in [0.15, 0.2) is 6.10 Å². The molecule has 0 aliphatic rings. The Balaban J connectivity index is 4.47. The van der Waals surface area contributed by atoms with Crippen molar-refractivity contribution in [3.8, 4) is 0 Å². The number of phosphoric ester groups is 1. The van der Waals surface area contributed by atoms with Gasteiger partial charge in [-0.25, -0.2) is 4.57 Å². The van der Waals surface area contributed by atoms with Gasteiger partial charge in [-0.1, -0.05) is 134 Å². The number of allylic oxidation sites excluding steroid dienone is 6. The van der Waals surface area contributed by atoms with E-state index < -0.39 is 26.5 Å². The molecule has 0 spiro atoms. The Morgan fingerprint density at radius 1 is 0.596 bits per heavy atom. The van der Waals surface area contributed by atoms with E-state index in [1.165, 1.54) is 89.9 Å². The van der Waals surface area contributed by atoms with Gasteiger partial charge in [0.1, 0.15) is 19.8 Å². The number of phosphoric acid groups is 1. The summed E-state index contributed by atoms with van der Waals surface area (Å²) >= 11 is 0. The fraction of sp³-hybridized carbons (Fsp3) is 0.810. The van der Waals surface area contributed by atoms with Gasteiger partial charge in [0.25, 0.3) is 0 Å². The number of unbranched alkanes of at least 4 members (excludes halogenated alkanes) is 17. The molecule has 0 aromatic heterocycles. The Morgan fingerprint density at radius 3 is 1.63 bits per heavy atom. The van der Waals surface area contributed by atoms with E-state index in [1.54, 1.807) is 0 Å². The second kappa shape index (κ2) is 35.0. The van der Waals surface area contributed by atoms with Gasteiger partial charge in [-0.15, -0.1) is 0 Å². The molecule has 0 saturated heterocycles. The number of ether oxygens (including phenoxy) is 2. The Bertz CT molecular complexity index is 991. The second-order valence-corrected chi connectivity index (χ2v) is 16.5. The van der Waals surface area contributed by atoms with E-state index in [4.69, 9.17) is 18.5 Å². The molecular formula is C42H79NO8P+. The molecule has 0 heterocycles. The van der Waals surface area contributed by atoms with Crippen LogP contribution in [0.25, 0.3) is 0 Å². The molecule has 0 rings (SSSR count). The molecule has 0 radical (unpaired) electrons. The Morgan fingerprint density at radius 2 is 1.08 bits per heavy atom. The van der Waals surface area contributed by atoms with Crippen LogP contribution in [0.2, 0.25) is 0 Å². The number of nitrogens with zero attached hydrogens (tertiary/aromatic N) is 1. The van der Waals surface area contributed by atoms with E-state index in [0.717, 1.165) is 44.9 Å².